The van der Waals surface area contributed by atoms with E-state index in [1.54, 1.807) is 4.31 Å². The number of nitrogens with zero attached hydrogens (tertiary/aromatic N) is 2. The van der Waals surface area contributed by atoms with Crippen molar-refractivity contribution in [3.63, 3.8) is 0 Å². The Hall–Kier alpha value is -1.11. The lowest BCUT2D eigenvalue weighted by atomic mass is 10.1. The zero-order chi connectivity index (χ0) is 14.6. The minimum Gasteiger partial charge on any atom is -0.399 e. The number of aryl methyl sites for hydroxylation is 1. The van der Waals surface area contributed by atoms with Crippen LogP contribution in [0.3, 0.4) is 0 Å². The van der Waals surface area contributed by atoms with Gasteiger partial charge in [0, 0.05) is 31.9 Å². The van der Waals surface area contributed by atoms with Crippen LogP contribution in [0.25, 0.3) is 0 Å². The number of nitrogen functional groups attached to an aromatic ring is 1. The first-order valence-electron chi connectivity index (χ1n) is 6.97. The maximum atomic E-state index is 11.4. The Kier molecular flexibility index (Phi) is 5.01. The van der Waals surface area contributed by atoms with Crippen LogP contribution in [0.5, 0.6) is 0 Å². The summed E-state index contributed by atoms with van der Waals surface area (Å²) in [7, 11) is -3.03. The van der Waals surface area contributed by atoms with E-state index >= 15 is 0 Å². The SMILES string of the molecule is CS(=O)(=O)N1CCN(CCCc2ccccc2N)CC1. The van der Waals surface area contributed by atoms with Gasteiger partial charge in [0.05, 0.1) is 6.26 Å². The Balaban J connectivity index is 1.73. The summed E-state index contributed by atoms with van der Waals surface area (Å²) in [5, 5.41) is 0. The van der Waals surface area contributed by atoms with Crippen molar-refractivity contribution in [2.45, 2.75) is 12.8 Å². The van der Waals surface area contributed by atoms with E-state index < -0.39 is 10.0 Å². The lowest BCUT2D eigenvalue weighted by Gasteiger charge is -2.33. The minimum atomic E-state index is -3.03. The van der Waals surface area contributed by atoms with Crippen molar-refractivity contribution in [2.75, 3.05) is 44.7 Å². The van der Waals surface area contributed by atoms with Crippen LogP contribution in [-0.4, -0.2) is 56.6 Å². The number of rotatable bonds is 5. The van der Waals surface area contributed by atoms with Crippen LogP contribution in [0, 0.1) is 0 Å². The second-order valence-corrected chi connectivity index (χ2v) is 7.29. The van der Waals surface area contributed by atoms with Crippen molar-refractivity contribution in [3.8, 4) is 0 Å². The molecule has 0 aromatic heterocycles. The standard InChI is InChI=1S/C14H23N3O2S/c1-20(18,19)17-11-9-16(10-12-17)8-4-6-13-5-2-3-7-14(13)15/h2-3,5,7H,4,6,8-12,15H2,1H3. The van der Waals surface area contributed by atoms with Crippen LogP contribution in [0.15, 0.2) is 24.3 Å². The van der Waals surface area contributed by atoms with E-state index in [0.717, 1.165) is 38.2 Å². The number of nitrogens with two attached hydrogens (primary N) is 1. The summed E-state index contributed by atoms with van der Waals surface area (Å²) in [5.41, 5.74) is 7.97. The lowest BCUT2D eigenvalue weighted by Crippen LogP contribution is -2.48. The lowest BCUT2D eigenvalue weighted by molar-refractivity contribution is 0.187. The molecule has 1 aromatic carbocycles. The number of hydrogen-bond acceptors (Lipinski definition) is 4. The first kappa shape index (κ1) is 15.3. The molecule has 0 radical (unpaired) electrons. The molecule has 20 heavy (non-hydrogen) atoms. The molecular formula is C14H23N3O2S. The van der Waals surface area contributed by atoms with Gasteiger partial charge in [-0.05, 0) is 31.0 Å². The van der Waals surface area contributed by atoms with E-state index in [4.69, 9.17) is 5.73 Å². The van der Waals surface area contributed by atoms with Gasteiger partial charge in [0.15, 0.2) is 0 Å². The molecule has 1 fully saturated rings. The molecule has 0 spiro atoms. The molecule has 6 heteroatoms. The van der Waals surface area contributed by atoms with E-state index in [-0.39, 0.29) is 0 Å². The second-order valence-electron chi connectivity index (χ2n) is 5.31. The van der Waals surface area contributed by atoms with Crippen LogP contribution in [0.2, 0.25) is 0 Å². The topological polar surface area (TPSA) is 66.6 Å². The molecule has 1 heterocycles. The highest BCUT2D eigenvalue weighted by Crippen LogP contribution is 2.13. The molecule has 0 saturated carbocycles. The molecule has 1 saturated heterocycles. The fourth-order valence-corrected chi connectivity index (χ4v) is 3.37. The zero-order valence-electron chi connectivity index (χ0n) is 12.0. The highest BCUT2D eigenvalue weighted by molar-refractivity contribution is 7.88. The van der Waals surface area contributed by atoms with E-state index in [1.165, 1.54) is 11.8 Å². The van der Waals surface area contributed by atoms with Crippen LogP contribution < -0.4 is 5.73 Å². The van der Waals surface area contributed by atoms with Crippen molar-refractivity contribution in [1.29, 1.82) is 0 Å². The monoisotopic (exact) mass is 297 g/mol. The molecule has 112 valence electrons. The third kappa shape index (κ3) is 4.19. The maximum absolute atomic E-state index is 11.4. The van der Waals surface area contributed by atoms with Crippen LogP contribution >= 0.6 is 0 Å². The maximum Gasteiger partial charge on any atom is 0.211 e. The largest absolute Gasteiger partial charge is 0.399 e. The van der Waals surface area contributed by atoms with Gasteiger partial charge in [0.1, 0.15) is 0 Å². The zero-order valence-corrected chi connectivity index (χ0v) is 12.8. The van der Waals surface area contributed by atoms with E-state index in [9.17, 15) is 8.42 Å². The molecule has 2 N–H and O–H groups in total. The highest BCUT2D eigenvalue weighted by atomic mass is 32.2. The van der Waals surface area contributed by atoms with Crippen LogP contribution in [0.1, 0.15) is 12.0 Å². The predicted octanol–water partition coefficient (Wildman–Crippen LogP) is 0.779. The first-order chi connectivity index (χ1) is 9.47. The summed E-state index contributed by atoms with van der Waals surface area (Å²) in [6.07, 6.45) is 3.30. The predicted molar refractivity (Wildman–Crippen MR) is 82.0 cm³/mol. The third-order valence-corrected chi connectivity index (χ3v) is 5.08. The van der Waals surface area contributed by atoms with Gasteiger partial charge in [-0.15, -0.1) is 0 Å². The normalized spacial score (nSPS) is 18.2. The minimum absolute atomic E-state index is 0.603. The molecule has 0 amide bonds. The summed E-state index contributed by atoms with van der Waals surface area (Å²) < 4.78 is 24.4. The molecule has 1 aliphatic heterocycles. The van der Waals surface area contributed by atoms with Gasteiger partial charge >= 0.3 is 0 Å². The van der Waals surface area contributed by atoms with Gasteiger partial charge in [0.2, 0.25) is 10.0 Å². The Morgan fingerprint density at radius 3 is 2.40 bits per heavy atom. The number of sulfonamides is 1. The first-order valence-corrected chi connectivity index (χ1v) is 8.82. The van der Waals surface area contributed by atoms with Crippen LogP contribution in [-0.2, 0) is 16.4 Å². The van der Waals surface area contributed by atoms with Gasteiger partial charge in [-0.3, -0.25) is 0 Å². The van der Waals surface area contributed by atoms with Crippen molar-refractivity contribution in [2.24, 2.45) is 0 Å². The summed E-state index contributed by atoms with van der Waals surface area (Å²) in [4.78, 5) is 2.32. The molecule has 1 aromatic rings. The quantitative estimate of drug-likeness (QED) is 0.816. The van der Waals surface area contributed by atoms with E-state index in [0.29, 0.717) is 13.1 Å². The number of hydrogen-bond donors (Lipinski definition) is 1. The molecule has 0 bridgehead atoms. The van der Waals surface area contributed by atoms with E-state index in [1.807, 2.05) is 18.2 Å². The van der Waals surface area contributed by atoms with Crippen molar-refractivity contribution in [3.05, 3.63) is 29.8 Å². The second kappa shape index (κ2) is 6.56. The Morgan fingerprint density at radius 1 is 1.15 bits per heavy atom. The number of para-hydroxylation sites is 1. The van der Waals surface area contributed by atoms with Gasteiger partial charge in [-0.2, -0.15) is 4.31 Å². The van der Waals surface area contributed by atoms with E-state index in [2.05, 4.69) is 11.0 Å². The average Bonchev–Trinajstić information content (AvgIpc) is 2.40. The van der Waals surface area contributed by atoms with Gasteiger partial charge < -0.3 is 10.6 Å². The highest BCUT2D eigenvalue weighted by Gasteiger charge is 2.22. The molecule has 5 nitrogen and oxygen atoms in total. The Morgan fingerprint density at radius 2 is 1.80 bits per heavy atom. The summed E-state index contributed by atoms with van der Waals surface area (Å²) >= 11 is 0. The summed E-state index contributed by atoms with van der Waals surface area (Å²) in [6, 6.07) is 7.96. The van der Waals surface area contributed by atoms with Crippen LogP contribution in [0.4, 0.5) is 5.69 Å². The van der Waals surface area contributed by atoms with Crippen molar-refractivity contribution < 1.29 is 8.42 Å². The molecule has 0 unspecified atom stereocenters. The fraction of sp³-hybridized carbons (Fsp3) is 0.571. The van der Waals surface area contributed by atoms with Crippen molar-refractivity contribution in [1.82, 2.24) is 9.21 Å². The molecular weight excluding hydrogens is 274 g/mol. The Labute approximate surface area is 121 Å². The third-order valence-electron chi connectivity index (χ3n) is 3.78. The van der Waals surface area contributed by atoms with Crippen molar-refractivity contribution >= 4 is 15.7 Å². The molecule has 0 atom stereocenters. The van der Waals surface area contributed by atoms with Gasteiger partial charge in [0.25, 0.3) is 0 Å². The number of benzene rings is 1. The Bertz CT molecular complexity index is 537. The van der Waals surface area contributed by atoms with Gasteiger partial charge in [-0.25, -0.2) is 8.42 Å². The number of anilines is 1. The van der Waals surface area contributed by atoms with Gasteiger partial charge in [-0.1, -0.05) is 18.2 Å². The molecule has 0 aliphatic carbocycles. The fourth-order valence-electron chi connectivity index (χ4n) is 2.54. The molecule has 2 rings (SSSR count). The smallest absolute Gasteiger partial charge is 0.211 e. The molecule has 1 aliphatic rings. The number of piperazine rings is 1. The average molecular weight is 297 g/mol. The summed E-state index contributed by atoms with van der Waals surface area (Å²) in [6.45, 7) is 3.83. The summed E-state index contributed by atoms with van der Waals surface area (Å²) in [5.74, 6) is 0.